The number of aromatic hydroxyl groups is 1. The third kappa shape index (κ3) is 5.29. The van der Waals surface area contributed by atoms with Crippen molar-refractivity contribution in [2.24, 2.45) is 4.99 Å². The fourth-order valence-electron chi connectivity index (χ4n) is 5.66. The number of rotatable bonds is 5. The van der Waals surface area contributed by atoms with Crippen LogP contribution in [0.5, 0.6) is 5.75 Å². The summed E-state index contributed by atoms with van der Waals surface area (Å²) in [5, 5.41) is 13.9. The number of phenols is 1. The minimum atomic E-state index is -0.0265. The van der Waals surface area contributed by atoms with Crippen LogP contribution >= 0.6 is 11.3 Å². The van der Waals surface area contributed by atoms with Crippen molar-refractivity contribution in [2.75, 3.05) is 0 Å². The van der Waals surface area contributed by atoms with Gasteiger partial charge in [0.2, 0.25) is 0 Å². The number of hydrogen-bond acceptors (Lipinski definition) is 4. The van der Waals surface area contributed by atoms with Crippen LogP contribution in [0.2, 0.25) is 0 Å². The molecule has 0 unspecified atom stereocenters. The van der Waals surface area contributed by atoms with Gasteiger partial charge in [0.15, 0.2) is 0 Å². The minimum Gasteiger partial charge on any atom is -0.507 e. The molecule has 4 heteroatoms. The predicted molar refractivity (Wildman–Crippen MR) is 187 cm³/mol. The summed E-state index contributed by atoms with van der Waals surface area (Å²) in [5.74, 6) is 0.217. The maximum absolute atomic E-state index is 10.5. The Labute approximate surface area is 261 Å². The first-order valence-corrected chi connectivity index (χ1v) is 15.6. The standard InChI is InChI=1S/C40H32N2OS/c1-40(2,3)30-21-22-36(43)29(24-30)25-41-35-19-7-6-16-34(35)39-42-38-33(18-10-20-37(38)44-39)28-14-8-13-27(23-28)32-17-9-12-26-11-4-5-15-31(26)32/h4-25,43H,1-3H3. The molecule has 0 aliphatic rings. The van der Waals surface area contributed by atoms with Gasteiger partial charge >= 0.3 is 0 Å². The molecule has 0 bridgehead atoms. The second-order valence-electron chi connectivity index (χ2n) is 12.1. The van der Waals surface area contributed by atoms with Gasteiger partial charge in [-0.2, -0.15) is 0 Å². The summed E-state index contributed by atoms with van der Waals surface area (Å²) in [6.45, 7) is 6.49. The normalized spacial score (nSPS) is 12.0. The quantitative estimate of drug-likeness (QED) is 0.203. The number of thiazole rings is 1. The first-order chi connectivity index (χ1) is 21.3. The third-order valence-electron chi connectivity index (χ3n) is 8.06. The highest BCUT2D eigenvalue weighted by atomic mass is 32.1. The number of benzene rings is 6. The lowest BCUT2D eigenvalue weighted by molar-refractivity contribution is 0.473. The molecule has 7 rings (SSSR count). The van der Waals surface area contributed by atoms with E-state index in [9.17, 15) is 5.11 Å². The lowest BCUT2D eigenvalue weighted by atomic mass is 9.86. The van der Waals surface area contributed by atoms with E-state index < -0.39 is 0 Å². The molecule has 1 heterocycles. The van der Waals surface area contributed by atoms with Gasteiger partial charge in [0.05, 0.1) is 15.9 Å². The Hall–Kier alpha value is -5.06. The molecule has 0 aliphatic carbocycles. The maximum atomic E-state index is 10.5. The summed E-state index contributed by atoms with van der Waals surface area (Å²) in [4.78, 5) is 10.0. The molecule has 0 amide bonds. The van der Waals surface area contributed by atoms with Crippen LogP contribution in [-0.2, 0) is 5.41 Å². The van der Waals surface area contributed by atoms with Crippen LogP contribution in [-0.4, -0.2) is 16.3 Å². The van der Waals surface area contributed by atoms with Crippen LogP contribution in [0.3, 0.4) is 0 Å². The Balaban J connectivity index is 1.28. The molecular weight excluding hydrogens is 557 g/mol. The van der Waals surface area contributed by atoms with Crippen molar-refractivity contribution in [1.82, 2.24) is 4.98 Å². The van der Waals surface area contributed by atoms with Crippen molar-refractivity contribution in [3.05, 3.63) is 139 Å². The molecule has 214 valence electrons. The smallest absolute Gasteiger partial charge is 0.126 e. The summed E-state index contributed by atoms with van der Waals surface area (Å²) < 4.78 is 1.13. The maximum Gasteiger partial charge on any atom is 0.126 e. The van der Waals surface area contributed by atoms with Gasteiger partial charge < -0.3 is 5.11 Å². The van der Waals surface area contributed by atoms with Crippen molar-refractivity contribution in [1.29, 1.82) is 0 Å². The van der Waals surface area contributed by atoms with Gasteiger partial charge in [-0.3, -0.25) is 4.99 Å². The van der Waals surface area contributed by atoms with Gasteiger partial charge in [0.1, 0.15) is 10.8 Å². The molecule has 7 aromatic rings. The van der Waals surface area contributed by atoms with Gasteiger partial charge in [0.25, 0.3) is 0 Å². The van der Waals surface area contributed by atoms with Crippen LogP contribution in [0.1, 0.15) is 31.9 Å². The molecule has 3 nitrogen and oxygen atoms in total. The SMILES string of the molecule is CC(C)(C)c1ccc(O)c(C=Nc2ccccc2-c2nc3c(-c4cccc(-c5cccc6ccccc56)c4)cccc3s2)c1. The summed E-state index contributed by atoms with van der Waals surface area (Å²) in [5.41, 5.74) is 9.23. The van der Waals surface area contributed by atoms with Gasteiger partial charge in [-0.1, -0.05) is 112 Å². The van der Waals surface area contributed by atoms with Gasteiger partial charge in [0, 0.05) is 22.9 Å². The largest absolute Gasteiger partial charge is 0.507 e. The van der Waals surface area contributed by atoms with E-state index >= 15 is 0 Å². The number of hydrogen-bond donors (Lipinski definition) is 1. The zero-order chi connectivity index (χ0) is 30.3. The molecule has 0 fully saturated rings. The first-order valence-electron chi connectivity index (χ1n) is 14.8. The van der Waals surface area contributed by atoms with Crippen LogP contribution in [0.25, 0.3) is 53.8 Å². The van der Waals surface area contributed by atoms with E-state index in [0.29, 0.717) is 5.56 Å². The summed E-state index contributed by atoms with van der Waals surface area (Å²) in [7, 11) is 0. The number of nitrogens with zero attached hydrogens (tertiary/aromatic N) is 2. The highest BCUT2D eigenvalue weighted by Crippen LogP contribution is 2.40. The number of fused-ring (bicyclic) bond motifs is 2. The Morgan fingerprint density at radius 2 is 1.36 bits per heavy atom. The summed E-state index contributed by atoms with van der Waals surface area (Å²) >= 11 is 1.67. The van der Waals surface area contributed by atoms with Crippen molar-refractivity contribution in [3.8, 4) is 38.6 Å². The van der Waals surface area contributed by atoms with E-state index in [1.54, 1.807) is 23.6 Å². The molecule has 0 atom stereocenters. The average Bonchev–Trinajstić information content (AvgIpc) is 3.48. The Kier molecular flexibility index (Phi) is 7.07. The van der Waals surface area contributed by atoms with Crippen molar-refractivity contribution >= 4 is 44.2 Å². The highest BCUT2D eigenvalue weighted by molar-refractivity contribution is 7.21. The van der Waals surface area contributed by atoms with Gasteiger partial charge in [-0.05, 0) is 74.8 Å². The Morgan fingerprint density at radius 3 is 2.23 bits per heavy atom. The fourth-order valence-corrected chi connectivity index (χ4v) is 6.69. The Morgan fingerprint density at radius 1 is 0.682 bits per heavy atom. The zero-order valence-corrected chi connectivity index (χ0v) is 25.8. The van der Waals surface area contributed by atoms with E-state index in [-0.39, 0.29) is 11.2 Å². The lowest BCUT2D eigenvalue weighted by Gasteiger charge is -2.19. The average molecular weight is 589 g/mol. The molecule has 0 saturated carbocycles. The lowest BCUT2D eigenvalue weighted by Crippen LogP contribution is -2.11. The molecular formula is C40H32N2OS. The number of aromatic nitrogens is 1. The van der Waals surface area contributed by atoms with Crippen molar-refractivity contribution in [3.63, 3.8) is 0 Å². The van der Waals surface area contributed by atoms with Gasteiger partial charge in [-0.15, -0.1) is 11.3 Å². The molecule has 6 aromatic carbocycles. The first kappa shape index (κ1) is 27.8. The van der Waals surface area contributed by atoms with E-state index in [1.807, 2.05) is 30.3 Å². The number of aliphatic imine (C=N–C) groups is 1. The molecule has 0 aliphatic heterocycles. The van der Waals surface area contributed by atoms with E-state index in [4.69, 9.17) is 9.98 Å². The third-order valence-corrected chi connectivity index (χ3v) is 9.12. The number of phenolic OH excluding ortho intramolecular Hbond substituents is 1. The zero-order valence-electron chi connectivity index (χ0n) is 25.0. The topological polar surface area (TPSA) is 45.5 Å². The van der Waals surface area contributed by atoms with Crippen LogP contribution in [0, 0.1) is 0 Å². The summed E-state index contributed by atoms with van der Waals surface area (Å²) in [6, 6.07) is 44.0. The molecule has 0 spiro atoms. The van der Waals surface area contributed by atoms with Gasteiger partial charge in [-0.25, -0.2) is 4.98 Å². The van der Waals surface area contributed by atoms with E-state index in [1.165, 1.54) is 21.9 Å². The van der Waals surface area contributed by atoms with E-state index in [2.05, 4.69) is 112 Å². The molecule has 1 N–H and O–H groups in total. The molecule has 0 saturated heterocycles. The molecule has 44 heavy (non-hydrogen) atoms. The Bertz CT molecular complexity index is 2180. The minimum absolute atomic E-state index is 0.0265. The van der Waals surface area contributed by atoms with Crippen LogP contribution < -0.4 is 0 Å². The second kappa shape index (κ2) is 11.2. The highest BCUT2D eigenvalue weighted by Gasteiger charge is 2.16. The fraction of sp³-hybridized carbons (Fsp3) is 0.100. The van der Waals surface area contributed by atoms with Crippen molar-refractivity contribution < 1.29 is 5.11 Å². The second-order valence-corrected chi connectivity index (χ2v) is 13.1. The number of para-hydroxylation sites is 2. The van der Waals surface area contributed by atoms with Crippen molar-refractivity contribution in [2.45, 2.75) is 26.2 Å². The van der Waals surface area contributed by atoms with Crippen LogP contribution in [0.15, 0.2) is 132 Å². The molecule has 0 radical (unpaired) electrons. The molecule has 1 aromatic heterocycles. The van der Waals surface area contributed by atoms with Crippen LogP contribution in [0.4, 0.5) is 5.69 Å². The monoisotopic (exact) mass is 588 g/mol. The summed E-state index contributed by atoms with van der Waals surface area (Å²) in [6.07, 6.45) is 1.75. The van der Waals surface area contributed by atoms with E-state index in [0.717, 1.165) is 43.2 Å². The predicted octanol–water partition coefficient (Wildman–Crippen LogP) is 11.2.